The molecular weight excluding hydrogens is 346 g/mol. The van der Waals surface area contributed by atoms with Crippen molar-refractivity contribution in [3.8, 4) is 0 Å². The standard InChI is InChI=1S/C11H12N.C9H8N2O.2C2H6.2H2/c1-12-8-10-4-2-3-5-11(10)9-6-7-9;1-11-6-7-4-2-3-5-8(7)10-9(11)12;2*1-2;;/h2-7,12H,8H2,1H3;2,4H,6H2,1H3,(H,10,12);2*1-2H3;2*1H. The van der Waals surface area contributed by atoms with Crippen LogP contribution in [-0.2, 0) is 6.54 Å². The number of rotatable bonds is 3. The van der Waals surface area contributed by atoms with Gasteiger partial charge in [0.15, 0.2) is 0 Å². The van der Waals surface area contributed by atoms with Gasteiger partial charge in [-0.1, -0.05) is 63.8 Å². The molecule has 3 aliphatic rings. The SMILES string of the molecule is CC.CC.CN1CC2=CC=C=C=C2NC1=O.CNCc1ccccc1C1=C[CH]1.[HH].[HH]. The largest absolute Gasteiger partial charge is 0.323 e. The maximum absolute atomic E-state index is 11.1. The Morgan fingerprint density at radius 1 is 1.18 bits per heavy atom. The van der Waals surface area contributed by atoms with E-state index >= 15 is 0 Å². The number of nitrogens with zero attached hydrogens (tertiary/aromatic N) is 1. The second kappa shape index (κ2) is 12.6. The van der Waals surface area contributed by atoms with Crippen LogP contribution in [0, 0.1) is 6.42 Å². The highest BCUT2D eigenvalue weighted by Gasteiger charge is 2.21. The van der Waals surface area contributed by atoms with E-state index in [1.54, 1.807) is 18.0 Å². The molecule has 2 aliphatic carbocycles. The van der Waals surface area contributed by atoms with Gasteiger partial charge >= 0.3 is 6.03 Å². The van der Waals surface area contributed by atoms with Gasteiger partial charge in [0.25, 0.3) is 0 Å². The Kier molecular flexibility index (Phi) is 10.5. The van der Waals surface area contributed by atoms with Crippen molar-refractivity contribution >= 4 is 11.6 Å². The molecule has 0 unspecified atom stereocenters. The van der Waals surface area contributed by atoms with E-state index in [4.69, 9.17) is 0 Å². The zero-order chi connectivity index (χ0) is 20.9. The molecule has 0 saturated carbocycles. The summed E-state index contributed by atoms with van der Waals surface area (Å²) in [5.74, 6) is 0. The van der Waals surface area contributed by atoms with Crippen LogP contribution < -0.4 is 10.6 Å². The molecule has 4 nitrogen and oxygen atoms in total. The molecule has 2 N–H and O–H groups in total. The van der Waals surface area contributed by atoms with E-state index in [2.05, 4.69) is 58.9 Å². The first-order chi connectivity index (χ1) is 13.7. The Morgan fingerprint density at radius 2 is 1.86 bits per heavy atom. The van der Waals surface area contributed by atoms with Crippen molar-refractivity contribution in [2.24, 2.45) is 0 Å². The van der Waals surface area contributed by atoms with Gasteiger partial charge in [0, 0.05) is 35.0 Å². The highest BCUT2D eigenvalue weighted by molar-refractivity contribution is 5.88. The molecule has 1 aromatic rings. The van der Waals surface area contributed by atoms with Gasteiger partial charge in [-0.15, -0.1) is 0 Å². The van der Waals surface area contributed by atoms with E-state index in [1.165, 1.54) is 16.7 Å². The lowest BCUT2D eigenvalue weighted by Crippen LogP contribution is -2.43. The fraction of sp³-hybridized carbons (Fsp3) is 0.333. The maximum atomic E-state index is 11.1. The summed E-state index contributed by atoms with van der Waals surface area (Å²) in [6.45, 7) is 9.59. The van der Waals surface area contributed by atoms with Crippen LogP contribution in [0.25, 0.3) is 5.57 Å². The molecule has 1 heterocycles. The molecule has 4 rings (SSSR count). The molecule has 28 heavy (non-hydrogen) atoms. The van der Waals surface area contributed by atoms with Crippen LogP contribution in [0.5, 0.6) is 0 Å². The van der Waals surface area contributed by atoms with Crippen molar-refractivity contribution < 1.29 is 7.65 Å². The molecule has 1 aromatic carbocycles. The van der Waals surface area contributed by atoms with Crippen LogP contribution >= 0.6 is 0 Å². The third-order valence-corrected chi connectivity index (χ3v) is 3.90. The minimum absolute atomic E-state index is 0. The van der Waals surface area contributed by atoms with Crippen LogP contribution in [0.4, 0.5) is 4.79 Å². The van der Waals surface area contributed by atoms with E-state index < -0.39 is 0 Å². The number of carbonyl (C=O) groups excluding carboxylic acids is 1. The monoisotopic (exact) mass is 382 g/mol. The molecule has 0 spiro atoms. The quantitative estimate of drug-likeness (QED) is 0.694. The van der Waals surface area contributed by atoms with Crippen LogP contribution in [-0.4, -0.2) is 31.6 Å². The van der Waals surface area contributed by atoms with E-state index in [9.17, 15) is 4.79 Å². The van der Waals surface area contributed by atoms with Gasteiger partial charge in [-0.25, -0.2) is 4.79 Å². The van der Waals surface area contributed by atoms with Crippen molar-refractivity contribution in [2.75, 3.05) is 20.6 Å². The zero-order valence-electron chi connectivity index (χ0n) is 17.9. The van der Waals surface area contributed by atoms with Gasteiger partial charge in [0.05, 0.1) is 5.70 Å². The van der Waals surface area contributed by atoms with Gasteiger partial charge in [0.2, 0.25) is 0 Å². The third-order valence-electron chi connectivity index (χ3n) is 3.90. The molecule has 1 aliphatic heterocycles. The lowest BCUT2D eigenvalue weighted by atomic mass is 10.1. The van der Waals surface area contributed by atoms with Gasteiger partial charge in [-0.05, 0) is 41.6 Å². The fourth-order valence-electron chi connectivity index (χ4n) is 2.56. The molecule has 0 aromatic heterocycles. The second-order valence-corrected chi connectivity index (χ2v) is 5.77. The smallest absolute Gasteiger partial charge is 0.322 e. The Labute approximate surface area is 173 Å². The summed E-state index contributed by atoms with van der Waals surface area (Å²) in [5.41, 5.74) is 11.6. The van der Waals surface area contributed by atoms with Gasteiger partial charge in [-0.2, -0.15) is 0 Å². The van der Waals surface area contributed by atoms with Crippen LogP contribution in [0.15, 0.2) is 65.2 Å². The first kappa shape index (κ1) is 23.3. The number of benzene rings is 1. The number of allylic oxidation sites excluding steroid dienone is 4. The van der Waals surface area contributed by atoms with Crippen molar-refractivity contribution in [2.45, 2.75) is 34.2 Å². The predicted octanol–water partition coefficient (Wildman–Crippen LogP) is 5.33. The predicted molar refractivity (Wildman–Crippen MR) is 123 cm³/mol. The molecule has 1 fully saturated rings. The minimum atomic E-state index is -0.0849. The number of nitrogens with one attached hydrogen (secondary N) is 2. The number of urea groups is 1. The zero-order valence-corrected chi connectivity index (χ0v) is 17.9. The van der Waals surface area contributed by atoms with Gasteiger partial charge < -0.3 is 15.5 Å². The summed E-state index contributed by atoms with van der Waals surface area (Å²) < 4.78 is 0. The van der Waals surface area contributed by atoms with Crippen LogP contribution in [0.3, 0.4) is 0 Å². The van der Waals surface area contributed by atoms with Crippen LogP contribution in [0.2, 0.25) is 0 Å². The van der Waals surface area contributed by atoms with E-state index in [1.807, 2.05) is 40.8 Å². The highest BCUT2D eigenvalue weighted by Crippen LogP contribution is 2.31. The summed E-state index contributed by atoms with van der Waals surface area (Å²) in [6, 6.07) is 8.42. The molecule has 4 heteroatoms. The first-order valence-corrected chi connectivity index (χ1v) is 9.90. The fourth-order valence-corrected chi connectivity index (χ4v) is 2.56. The lowest BCUT2D eigenvalue weighted by molar-refractivity contribution is 0.211. The summed E-state index contributed by atoms with van der Waals surface area (Å²) in [5, 5.41) is 5.88. The number of carbonyl (C=O) groups is 1. The second-order valence-electron chi connectivity index (χ2n) is 5.77. The summed E-state index contributed by atoms with van der Waals surface area (Å²) >= 11 is 0. The maximum Gasteiger partial charge on any atom is 0.322 e. The van der Waals surface area contributed by atoms with Crippen molar-refractivity contribution in [3.63, 3.8) is 0 Å². The number of amides is 2. The molecule has 0 bridgehead atoms. The van der Waals surface area contributed by atoms with E-state index in [-0.39, 0.29) is 8.88 Å². The molecule has 1 radical (unpaired) electrons. The molecule has 153 valence electrons. The van der Waals surface area contributed by atoms with Crippen molar-refractivity contribution in [1.82, 2.24) is 15.5 Å². The average Bonchev–Trinajstić information content (AvgIpc) is 3.58. The molecular formula is C24H36N3O. The van der Waals surface area contributed by atoms with Crippen molar-refractivity contribution in [1.29, 1.82) is 0 Å². The Morgan fingerprint density at radius 3 is 2.50 bits per heavy atom. The summed E-state index contributed by atoms with van der Waals surface area (Å²) in [6.07, 6.45) is 8.02. The minimum Gasteiger partial charge on any atom is -0.323 e. The molecule has 2 amide bonds. The number of likely N-dealkylation sites (N-methyl/N-ethyl adjacent to an activating group) is 1. The third kappa shape index (κ3) is 6.75. The molecule has 0 atom stereocenters. The Hall–Kier alpha value is -2.77. The number of hydrogen-bond acceptors (Lipinski definition) is 2. The van der Waals surface area contributed by atoms with E-state index in [0.29, 0.717) is 6.54 Å². The highest BCUT2D eigenvalue weighted by atomic mass is 16.2. The lowest BCUT2D eigenvalue weighted by Gasteiger charge is -2.26. The summed E-state index contributed by atoms with van der Waals surface area (Å²) in [7, 11) is 3.73. The Balaban J connectivity index is 0. The summed E-state index contributed by atoms with van der Waals surface area (Å²) in [4.78, 5) is 12.8. The average molecular weight is 383 g/mol. The Bertz CT molecular complexity index is 831. The number of fused-ring (bicyclic) bond motifs is 1. The topological polar surface area (TPSA) is 44.4 Å². The normalized spacial score (nSPS) is 15.0. The van der Waals surface area contributed by atoms with Gasteiger partial charge in [0.1, 0.15) is 0 Å². The first-order valence-electron chi connectivity index (χ1n) is 9.90. The van der Waals surface area contributed by atoms with Gasteiger partial charge in [-0.3, -0.25) is 0 Å². The van der Waals surface area contributed by atoms with E-state index in [0.717, 1.165) is 17.8 Å². The van der Waals surface area contributed by atoms with Crippen molar-refractivity contribution in [3.05, 3.63) is 82.8 Å². The molecule has 1 saturated heterocycles. The van der Waals surface area contributed by atoms with Crippen LogP contribution in [0.1, 0.15) is 41.7 Å². The number of hydrogen-bond donors (Lipinski definition) is 2.